The second-order valence-electron chi connectivity index (χ2n) is 10.2. The predicted octanol–water partition coefficient (Wildman–Crippen LogP) is 4.00. The summed E-state index contributed by atoms with van der Waals surface area (Å²) in [4.78, 5) is 53.2. The molecule has 45 heavy (non-hydrogen) atoms. The lowest BCUT2D eigenvalue weighted by Crippen LogP contribution is -2.71. The lowest BCUT2D eigenvalue weighted by Gasteiger charge is -2.50. The number of hydrogen-bond donors (Lipinski definition) is 2. The first kappa shape index (κ1) is 33.7. The van der Waals surface area contributed by atoms with Crippen LogP contribution < -0.4 is 15.0 Å². The van der Waals surface area contributed by atoms with Crippen molar-refractivity contribution >= 4 is 93.6 Å². The number of thioether (sulfide) groups is 3. The van der Waals surface area contributed by atoms with Gasteiger partial charge in [0.25, 0.3) is 5.91 Å². The summed E-state index contributed by atoms with van der Waals surface area (Å²) in [5.74, 6) is -2.57. The van der Waals surface area contributed by atoms with Crippen molar-refractivity contribution in [2.45, 2.75) is 47.5 Å². The van der Waals surface area contributed by atoms with Gasteiger partial charge in [0.15, 0.2) is 17.9 Å². The van der Waals surface area contributed by atoms with Gasteiger partial charge in [-0.1, -0.05) is 29.3 Å². The third kappa shape index (κ3) is 8.01. The fourth-order valence-corrected chi connectivity index (χ4v) is 9.53. The highest BCUT2D eigenvalue weighted by Crippen LogP contribution is 2.41. The van der Waals surface area contributed by atoms with Gasteiger partial charge in [-0.05, 0) is 35.2 Å². The Balaban J connectivity index is 1.26. The standard InChI is InChI=1S/C30H27Cl2N3O6S4/c1-16-9-21(11-19(5-7-25(37)38)34(16)12-20-3-2-8-42-20)43-13-17-14-45-29-26(28(39)35(29)27(17)30(40)41)33-24(36)15-44-23-10-18(31)4-6-22(23)32/h2-4,6,8-11,26,29H,5,7,12-15H2,1H3,(H2-,33,36,37,38,40,41)/t26-,29-/m1/s1. The number of carboxylic acid groups (broad SMARTS) is 2. The second kappa shape index (κ2) is 14.8. The first-order chi connectivity index (χ1) is 21.5. The molecule has 0 unspecified atom stereocenters. The van der Waals surface area contributed by atoms with Gasteiger partial charge < -0.3 is 20.3 Å². The maximum Gasteiger partial charge on any atom is 0.303 e. The van der Waals surface area contributed by atoms with E-state index in [0.717, 1.165) is 21.2 Å². The molecule has 0 bridgehead atoms. The number of rotatable bonds is 13. The molecule has 0 radical (unpaired) electrons. The van der Waals surface area contributed by atoms with Crippen molar-refractivity contribution in [1.82, 2.24) is 10.2 Å². The minimum atomic E-state index is -1.44. The molecule has 5 rings (SSSR count). The number of aryl methyl sites for hydroxylation is 2. The molecule has 2 N–H and O–H groups in total. The first-order valence-electron chi connectivity index (χ1n) is 13.7. The van der Waals surface area contributed by atoms with E-state index in [-0.39, 0.29) is 23.8 Å². The number of nitrogens with zero attached hydrogens (tertiary/aromatic N) is 2. The zero-order valence-corrected chi connectivity index (χ0v) is 28.6. The van der Waals surface area contributed by atoms with Crippen LogP contribution in [0.5, 0.6) is 0 Å². The number of benzene rings is 1. The third-order valence-electron chi connectivity index (χ3n) is 7.14. The Kier molecular flexibility index (Phi) is 11.1. The molecule has 2 aliphatic rings. The van der Waals surface area contributed by atoms with Crippen LogP contribution in [0.25, 0.3) is 0 Å². The maximum atomic E-state index is 13.1. The van der Waals surface area contributed by atoms with Crippen molar-refractivity contribution in [3.63, 3.8) is 0 Å². The predicted molar refractivity (Wildman–Crippen MR) is 176 cm³/mol. The van der Waals surface area contributed by atoms with Crippen molar-refractivity contribution in [2.24, 2.45) is 0 Å². The number of β-lactam (4-membered cyclic amide) rings is 1. The summed E-state index contributed by atoms with van der Waals surface area (Å²) in [6.07, 6.45) is 0.332. The normalized spacial score (nSPS) is 17.6. The van der Waals surface area contributed by atoms with Crippen LogP contribution in [0.4, 0.5) is 0 Å². The molecule has 15 heteroatoms. The van der Waals surface area contributed by atoms with Crippen LogP contribution in [0.2, 0.25) is 10.0 Å². The average molecular weight is 725 g/mol. The number of thiophene rings is 1. The van der Waals surface area contributed by atoms with E-state index >= 15 is 0 Å². The molecule has 236 valence electrons. The highest BCUT2D eigenvalue weighted by molar-refractivity contribution is 8.01. The largest absolute Gasteiger partial charge is 0.543 e. The minimum Gasteiger partial charge on any atom is -0.543 e. The van der Waals surface area contributed by atoms with Crippen LogP contribution in [0.15, 0.2) is 68.9 Å². The van der Waals surface area contributed by atoms with Gasteiger partial charge >= 0.3 is 5.97 Å². The van der Waals surface area contributed by atoms with E-state index in [1.807, 2.05) is 36.6 Å². The molecule has 2 aromatic heterocycles. The number of nitrogens with one attached hydrogen (secondary N) is 1. The van der Waals surface area contributed by atoms with Gasteiger partial charge in [-0.25, -0.2) is 0 Å². The number of aliphatic carboxylic acids is 2. The molecule has 0 spiro atoms. The highest BCUT2D eigenvalue weighted by atomic mass is 35.5. The molecule has 1 aromatic carbocycles. The fourth-order valence-electron chi connectivity index (χ4n) is 5.00. The molecule has 2 aliphatic heterocycles. The molecular formula is C30H27Cl2N3O6S4. The van der Waals surface area contributed by atoms with Gasteiger partial charge in [-0.15, -0.1) is 46.6 Å². The molecule has 1 saturated heterocycles. The summed E-state index contributed by atoms with van der Waals surface area (Å²) < 4.78 is 2.10. The summed E-state index contributed by atoms with van der Waals surface area (Å²) in [5.41, 5.74) is 2.21. The highest BCUT2D eigenvalue weighted by Gasteiger charge is 2.52. The summed E-state index contributed by atoms with van der Waals surface area (Å²) in [6, 6.07) is 12.0. The zero-order valence-electron chi connectivity index (χ0n) is 23.8. The van der Waals surface area contributed by atoms with Crippen LogP contribution in [0, 0.1) is 6.92 Å². The van der Waals surface area contributed by atoms with Crippen molar-refractivity contribution in [3.8, 4) is 0 Å². The molecule has 0 saturated carbocycles. The van der Waals surface area contributed by atoms with Gasteiger partial charge in [0.05, 0.1) is 33.7 Å². The van der Waals surface area contributed by atoms with Gasteiger partial charge in [0.1, 0.15) is 11.4 Å². The summed E-state index contributed by atoms with van der Waals surface area (Å²) >= 11 is 17.8. The number of halogens is 2. The zero-order chi connectivity index (χ0) is 32.2. The lowest BCUT2D eigenvalue weighted by atomic mass is 10.0. The van der Waals surface area contributed by atoms with E-state index in [1.54, 1.807) is 29.5 Å². The number of pyridine rings is 1. The molecule has 2 atom stereocenters. The van der Waals surface area contributed by atoms with E-state index in [9.17, 15) is 29.4 Å². The summed E-state index contributed by atoms with van der Waals surface area (Å²) in [7, 11) is 0. The van der Waals surface area contributed by atoms with E-state index < -0.39 is 29.3 Å². The molecule has 9 nitrogen and oxygen atoms in total. The molecule has 3 aromatic rings. The molecular weight excluding hydrogens is 698 g/mol. The van der Waals surface area contributed by atoms with Crippen LogP contribution in [0.1, 0.15) is 22.7 Å². The lowest BCUT2D eigenvalue weighted by molar-refractivity contribution is -0.701. The SMILES string of the molecule is Cc1cc(SCC2=C(C(=O)[O-])N3C(=O)[C@@H](NC(=O)CSc4cc(Cl)ccc4Cl)[C@H]3SC2)cc(CCC(=O)O)[n+]1Cc1cccs1. The van der Waals surface area contributed by atoms with Crippen molar-refractivity contribution in [3.05, 3.63) is 85.4 Å². The van der Waals surface area contributed by atoms with Crippen LogP contribution in [0.3, 0.4) is 0 Å². The number of amides is 2. The Morgan fingerprint density at radius 2 is 1.98 bits per heavy atom. The topological polar surface area (TPSA) is 131 Å². The fraction of sp³-hybridized carbons (Fsp3) is 0.300. The van der Waals surface area contributed by atoms with E-state index in [1.165, 1.54) is 40.2 Å². The monoisotopic (exact) mass is 723 g/mol. The Morgan fingerprint density at radius 1 is 1.18 bits per heavy atom. The van der Waals surface area contributed by atoms with Gasteiger partial charge in [-0.3, -0.25) is 19.3 Å². The molecule has 0 aliphatic carbocycles. The number of carbonyl (C=O) groups excluding carboxylic acids is 3. The molecule has 4 heterocycles. The third-order valence-corrected chi connectivity index (χ3v) is 12.1. The van der Waals surface area contributed by atoms with E-state index in [0.29, 0.717) is 45.0 Å². The molecule has 1 fully saturated rings. The average Bonchev–Trinajstić information content (AvgIpc) is 3.52. The quantitative estimate of drug-likeness (QED) is 0.153. The summed E-state index contributed by atoms with van der Waals surface area (Å²) in [5, 5.41) is 26.7. The van der Waals surface area contributed by atoms with Crippen LogP contribution in [-0.2, 0) is 32.1 Å². The number of aromatic nitrogens is 1. The van der Waals surface area contributed by atoms with E-state index in [2.05, 4.69) is 9.88 Å². The maximum absolute atomic E-state index is 13.1. The van der Waals surface area contributed by atoms with Crippen molar-refractivity contribution in [2.75, 3.05) is 17.3 Å². The van der Waals surface area contributed by atoms with Crippen molar-refractivity contribution in [1.29, 1.82) is 0 Å². The minimum absolute atomic E-state index is 0.00454. The van der Waals surface area contributed by atoms with E-state index in [4.69, 9.17) is 23.2 Å². The van der Waals surface area contributed by atoms with Crippen molar-refractivity contribution < 1.29 is 34.0 Å². The number of carboxylic acids is 2. The number of hydrogen-bond acceptors (Lipinski definition) is 9. The Labute approximate surface area is 286 Å². The number of carbonyl (C=O) groups is 4. The van der Waals surface area contributed by atoms with Gasteiger partial charge in [-0.2, -0.15) is 4.57 Å². The Hall–Kier alpha value is -2.68. The Morgan fingerprint density at radius 3 is 2.69 bits per heavy atom. The Bertz CT molecular complexity index is 1680. The summed E-state index contributed by atoms with van der Waals surface area (Å²) in [6.45, 7) is 2.59. The number of fused-ring (bicyclic) bond motifs is 1. The first-order valence-corrected chi connectivity index (χ1v) is 18.3. The van der Waals surface area contributed by atoms with Gasteiger partial charge in [0.2, 0.25) is 5.91 Å². The van der Waals surface area contributed by atoms with Crippen LogP contribution in [-0.4, -0.2) is 62.4 Å². The van der Waals surface area contributed by atoms with Crippen LogP contribution >= 0.6 is 69.8 Å². The molecule has 2 amide bonds. The van der Waals surface area contributed by atoms with Gasteiger partial charge in [0, 0.05) is 51.8 Å². The second-order valence-corrected chi connectivity index (χ2v) is 15.3. The smallest absolute Gasteiger partial charge is 0.303 e.